The number of hydrogen-bond donors (Lipinski definition) is 1. The lowest BCUT2D eigenvalue weighted by Gasteiger charge is -2.21. The van der Waals surface area contributed by atoms with Crippen molar-refractivity contribution in [3.63, 3.8) is 0 Å². The van der Waals surface area contributed by atoms with E-state index in [0.717, 1.165) is 13.0 Å². The van der Waals surface area contributed by atoms with Crippen LogP contribution in [0.2, 0.25) is 0 Å². The fourth-order valence-corrected chi connectivity index (χ4v) is 3.91. The van der Waals surface area contributed by atoms with Crippen molar-refractivity contribution in [2.24, 2.45) is 11.8 Å². The molecule has 1 aromatic heterocycles. The average molecular weight is 303 g/mol. The van der Waals surface area contributed by atoms with Crippen molar-refractivity contribution in [2.75, 3.05) is 13.1 Å². The van der Waals surface area contributed by atoms with Crippen molar-refractivity contribution in [1.29, 1.82) is 0 Å². The molecule has 0 unspecified atom stereocenters. The number of likely N-dealkylation sites (tertiary alicyclic amines) is 1. The number of carboxylic acids is 1. The number of carbonyl (C=O) groups excluding carboxylic acids is 1. The van der Waals surface area contributed by atoms with Crippen LogP contribution in [-0.4, -0.2) is 56.2 Å². The first-order valence-corrected chi connectivity index (χ1v) is 7.45. The topological polar surface area (TPSA) is 84.7 Å². The van der Waals surface area contributed by atoms with Gasteiger partial charge in [0.05, 0.1) is 24.9 Å². The molecule has 0 aliphatic carbocycles. The summed E-state index contributed by atoms with van der Waals surface area (Å²) in [6.45, 7) is 1.84. The molecule has 4 atom stereocenters. The second-order valence-corrected chi connectivity index (χ2v) is 6.15. The lowest BCUT2D eigenvalue weighted by atomic mass is 9.77. The number of aliphatic carboxylic acids is 1. The molecule has 2 saturated heterocycles. The maximum Gasteiger partial charge on any atom is 0.310 e. The normalized spacial score (nSPS) is 35.4. The summed E-state index contributed by atoms with van der Waals surface area (Å²) < 4.78 is 7.80. The van der Waals surface area contributed by atoms with E-state index < -0.39 is 29.5 Å². The fourth-order valence-electron chi connectivity index (χ4n) is 3.91. The summed E-state index contributed by atoms with van der Waals surface area (Å²) in [5.74, 6) is -2.37. The molecule has 1 N–H and O–H groups in total. The first-order valence-electron chi connectivity index (χ1n) is 7.45. The van der Waals surface area contributed by atoms with E-state index in [1.807, 2.05) is 16.8 Å². The van der Waals surface area contributed by atoms with E-state index >= 15 is 0 Å². The van der Waals surface area contributed by atoms with Gasteiger partial charge in [0.25, 0.3) is 0 Å². The summed E-state index contributed by atoms with van der Waals surface area (Å²) in [5, 5.41) is 9.39. The van der Waals surface area contributed by atoms with Gasteiger partial charge in [-0.25, -0.2) is 4.98 Å². The van der Waals surface area contributed by atoms with Gasteiger partial charge in [-0.3, -0.25) is 9.59 Å². The zero-order valence-electron chi connectivity index (χ0n) is 12.0. The smallest absolute Gasteiger partial charge is 0.310 e. The van der Waals surface area contributed by atoms with E-state index in [1.165, 1.54) is 0 Å². The minimum atomic E-state index is -0.949. The number of hydrogen-bond acceptors (Lipinski definition) is 4. The quantitative estimate of drug-likeness (QED) is 0.782. The summed E-state index contributed by atoms with van der Waals surface area (Å²) in [5.41, 5.74) is -0.722. The molecule has 4 heterocycles. The van der Waals surface area contributed by atoms with Gasteiger partial charge in [-0.15, -0.1) is 0 Å². The second-order valence-electron chi connectivity index (χ2n) is 6.15. The van der Waals surface area contributed by atoms with Crippen molar-refractivity contribution < 1.29 is 19.4 Å². The molecule has 1 amide bonds. The van der Waals surface area contributed by atoms with E-state index in [9.17, 15) is 14.7 Å². The van der Waals surface area contributed by atoms with Crippen LogP contribution in [0.15, 0.2) is 30.9 Å². The molecule has 3 aliphatic rings. The van der Waals surface area contributed by atoms with Crippen molar-refractivity contribution in [1.82, 2.24) is 14.5 Å². The van der Waals surface area contributed by atoms with E-state index in [2.05, 4.69) is 4.98 Å². The van der Waals surface area contributed by atoms with Gasteiger partial charge in [-0.05, 0) is 6.42 Å². The predicted molar refractivity (Wildman–Crippen MR) is 74.8 cm³/mol. The monoisotopic (exact) mass is 303 g/mol. The Morgan fingerprint density at radius 2 is 2.36 bits per heavy atom. The van der Waals surface area contributed by atoms with Gasteiger partial charge in [0.2, 0.25) is 5.91 Å². The highest BCUT2D eigenvalue weighted by Gasteiger charge is 2.66. The molecule has 7 heteroatoms. The van der Waals surface area contributed by atoms with E-state index in [1.54, 1.807) is 23.5 Å². The Hall–Kier alpha value is -2.15. The number of fused-ring (bicyclic) bond motifs is 1. The Kier molecular flexibility index (Phi) is 2.87. The molecule has 22 heavy (non-hydrogen) atoms. The number of carbonyl (C=O) groups is 2. The molecule has 0 radical (unpaired) electrons. The Morgan fingerprint density at radius 1 is 1.50 bits per heavy atom. The zero-order chi connectivity index (χ0) is 15.3. The molecular formula is C15H17N3O4. The van der Waals surface area contributed by atoms with Crippen LogP contribution in [0, 0.1) is 11.8 Å². The Balaban J connectivity index is 1.45. The standard InChI is InChI=1S/C15H17N3O4/c19-13-12-11(14(20)21)10-2-3-15(12,22-10)8-18(13)6-1-5-17-7-4-16-9-17/h2-4,7,9-12H,1,5-6,8H2,(H,20,21)/t10-,11+,12+,15-/m1/s1. The molecule has 7 nitrogen and oxygen atoms in total. The maximum absolute atomic E-state index is 12.6. The number of rotatable bonds is 5. The van der Waals surface area contributed by atoms with E-state index in [0.29, 0.717) is 13.1 Å². The Bertz CT molecular complexity index is 641. The lowest BCUT2D eigenvalue weighted by Crippen LogP contribution is -2.39. The van der Waals surface area contributed by atoms with Crippen LogP contribution in [0.4, 0.5) is 0 Å². The number of carboxylic acid groups (broad SMARTS) is 1. The van der Waals surface area contributed by atoms with Crippen molar-refractivity contribution in [3.8, 4) is 0 Å². The largest absolute Gasteiger partial charge is 0.481 e. The second kappa shape index (κ2) is 4.67. The third kappa shape index (κ3) is 1.81. The van der Waals surface area contributed by atoms with Gasteiger partial charge < -0.3 is 19.3 Å². The average Bonchev–Trinajstić information content (AvgIpc) is 3.22. The zero-order valence-corrected chi connectivity index (χ0v) is 12.0. The summed E-state index contributed by atoms with van der Waals surface area (Å²) in [6.07, 6.45) is 9.36. The number of aryl methyl sites for hydroxylation is 1. The van der Waals surface area contributed by atoms with Crippen LogP contribution in [0.1, 0.15) is 6.42 Å². The van der Waals surface area contributed by atoms with Crippen molar-refractivity contribution >= 4 is 11.9 Å². The lowest BCUT2D eigenvalue weighted by molar-refractivity contribution is -0.148. The number of ether oxygens (including phenoxy) is 1. The molecule has 2 bridgehead atoms. The number of imidazole rings is 1. The number of nitrogens with zero attached hydrogens (tertiary/aromatic N) is 3. The molecule has 116 valence electrons. The maximum atomic E-state index is 12.6. The van der Waals surface area contributed by atoms with Gasteiger partial charge in [0.15, 0.2) is 0 Å². The molecule has 2 fully saturated rings. The van der Waals surface area contributed by atoms with Gasteiger partial charge in [0, 0.05) is 25.5 Å². The number of amides is 1. The van der Waals surface area contributed by atoms with Crippen LogP contribution in [0.5, 0.6) is 0 Å². The van der Waals surface area contributed by atoms with Crippen LogP contribution in [0.25, 0.3) is 0 Å². The summed E-state index contributed by atoms with van der Waals surface area (Å²) in [6, 6.07) is 0. The molecule has 1 spiro atoms. The molecule has 4 rings (SSSR count). The molecule has 0 saturated carbocycles. The highest BCUT2D eigenvalue weighted by atomic mass is 16.5. The summed E-state index contributed by atoms with van der Waals surface area (Å²) >= 11 is 0. The Morgan fingerprint density at radius 3 is 3.09 bits per heavy atom. The predicted octanol–water partition coefficient (Wildman–Crippen LogP) is 0.140. The third-order valence-electron chi connectivity index (χ3n) is 4.87. The number of aromatic nitrogens is 2. The van der Waals surface area contributed by atoms with E-state index in [4.69, 9.17) is 4.74 Å². The summed E-state index contributed by atoms with van der Waals surface area (Å²) in [7, 11) is 0. The van der Waals surface area contributed by atoms with Crippen molar-refractivity contribution in [3.05, 3.63) is 30.9 Å². The van der Waals surface area contributed by atoms with Gasteiger partial charge in [-0.1, -0.05) is 12.2 Å². The molecular weight excluding hydrogens is 286 g/mol. The molecule has 3 aliphatic heterocycles. The minimum absolute atomic E-state index is 0.0927. The fraction of sp³-hybridized carbons (Fsp3) is 0.533. The first-order chi connectivity index (χ1) is 10.6. The highest BCUT2D eigenvalue weighted by Crippen LogP contribution is 2.51. The SMILES string of the molecule is O=C(O)[C@@H]1[C@H]2C(=O)N(CCCn3ccnc3)C[C@]23C=C[C@H]1O3. The van der Waals surface area contributed by atoms with Gasteiger partial charge in [0.1, 0.15) is 11.5 Å². The van der Waals surface area contributed by atoms with Crippen molar-refractivity contribution in [2.45, 2.75) is 24.7 Å². The third-order valence-corrected chi connectivity index (χ3v) is 4.87. The van der Waals surface area contributed by atoms with Gasteiger partial charge >= 0.3 is 5.97 Å². The summed E-state index contributed by atoms with van der Waals surface area (Å²) in [4.78, 5) is 29.8. The minimum Gasteiger partial charge on any atom is -0.481 e. The van der Waals surface area contributed by atoms with E-state index in [-0.39, 0.29) is 5.91 Å². The van der Waals surface area contributed by atoms with Crippen LogP contribution in [0.3, 0.4) is 0 Å². The Labute approximate surface area is 127 Å². The first kappa shape index (κ1) is 13.5. The molecule has 0 aromatic carbocycles. The van der Waals surface area contributed by atoms with Crippen LogP contribution >= 0.6 is 0 Å². The van der Waals surface area contributed by atoms with Gasteiger partial charge in [-0.2, -0.15) is 0 Å². The highest BCUT2D eigenvalue weighted by molar-refractivity contribution is 5.90. The van der Waals surface area contributed by atoms with Crippen LogP contribution < -0.4 is 0 Å². The molecule has 1 aromatic rings. The van der Waals surface area contributed by atoms with Crippen LogP contribution in [-0.2, 0) is 20.9 Å².